The minimum atomic E-state index is 0.279. The van der Waals surface area contributed by atoms with Gasteiger partial charge >= 0.3 is 0 Å². The van der Waals surface area contributed by atoms with E-state index in [1.807, 2.05) is 12.1 Å². The number of carbonyl (C=O) groups excluding carboxylic acids is 1. The highest BCUT2D eigenvalue weighted by atomic mass is 16.5. The third-order valence-corrected chi connectivity index (χ3v) is 3.88. The normalized spacial score (nSPS) is 14.4. The van der Waals surface area contributed by atoms with Crippen LogP contribution in [0, 0.1) is 6.92 Å². The van der Waals surface area contributed by atoms with Gasteiger partial charge in [-0.15, -0.1) is 0 Å². The van der Waals surface area contributed by atoms with Gasteiger partial charge in [-0.1, -0.05) is 12.1 Å². The van der Waals surface area contributed by atoms with Gasteiger partial charge in [-0.2, -0.15) is 0 Å². The van der Waals surface area contributed by atoms with Crippen molar-refractivity contribution < 1.29 is 9.53 Å². The number of aromatic nitrogens is 1. The molecule has 104 valence electrons. The van der Waals surface area contributed by atoms with Gasteiger partial charge in [-0.05, 0) is 43.5 Å². The second-order valence-corrected chi connectivity index (χ2v) is 5.36. The molecule has 0 aliphatic heterocycles. The smallest absolute Gasteiger partial charge is 0.164 e. The van der Waals surface area contributed by atoms with Crippen molar-refractivity contribution in [2.75, 3.05) is 7.11 Å². The zero-order chi connectivity index (χ0) is 14.1. The molecule has 3 nitrogen and oxygen atoms in total. The molecule has 0 atom stereocenters. The minimum Gasteiger partial charge on any atom is -0.380 e. The fourth-order valence-electron chi connectivity index (χ4n) is 3.04. The molecule has 0 unspecified atom stereocenters. The predicted molar refractivity (Wildman–Crippen MR) is 78.5 cm³/mol. The molecule has 2 aromatic rings. The van der Waals surface area contributed by atoms with E-state index >= 15 is 0 Å². The van der Waals surface area contributed by atoms with E-state index in [1.54, 1.807) is 7.11 Å². The summed E-state index contributed by atoms with van der Waals surface area (Å²) in [7, 11) is 1.70. The monoisotopic (exact) mass is 269 g/mol. The summed E-state index contributed by atoms with van der Waals surface area (Å²) in [5.41, 5.74) is 5.46. The Balaban J connectivity index is 2.10. The van der Waals surface area contributed by atoms with Crippen molar-refractivity contribution in [1.82, 2.24) is 4.57 Å². The fourth-order valence-corrected chi connectivity index (χ4v) is 3.04. The maximum atomic E-state index is 12.0. The van der Waals surface area contributed by atoms with Crippen molar-refractivity contribution in [1.29, 1.82) is 0 Å². The number of aryl methyl sites for hydroxylation is 1. The SMILES string of the molecule is COCc1cccc(-n2c(C)cc3c2CCCC3=O)c1. The molecule has 3 rings (SSSR count). The summed E-state index contributed by atoms with van der Waals surface area (Å²) < 4.78 is 7.41. The van der Waals surface area contributed by atoms with Crippen molar-refractivity contribution in [2.45, 2.75) is 32.8 Å². The van der Waals surface area contributed by atoms with E-state index in [4.69, 9.17) is 4.74 Å². The number of Topliss-reactive ketones (excluding diaryl/α,β-unsaturated/α-hetero) is 1. The van der Waals surface area contributed by atoms with E-state index in [0.29, 0.717) is 13.0 Å². The van der Waals surface area contributed by atoms with Crippen LogP contribution in [0.2, 0.25) is 0 Å². The average Bonchev–Trinajstić information content (AvgIpc) is 2.77. The highest BCUT2D eigenvalue weighted by molar-refractivity contribution is 5.98. The van der Waals surface area contributed by atoms with Gasteiger partial charge in [0.15, 0.2) is 5.78 Å². The van der Waals surface area contributed by atoms with Gasteiger partial charge in [-0.25, -0.2) is 0 Å². The number of benzene rings is 1. The zero-order valence-electron chi connectivity index (χ0n) is 12.0. The number of hydrogen-bond donors (Lipinski definition) is 0. The van der Waals surface area contributed by atoms with Gasteiger partial charge in [0.2, 0.25) is 0 Å². The van der Waals surface area contributed by atoms with Crippen LogP contribution in [0.25, 0.3) is 5.69 Å². The first kappa shape index (κ1) is 13.1. The lowest BCUT2D eigenvalue weighted by molar-refractivity contribution is 0.0972. The first-order valence-electron chi connectivity index (χ1n) is 7.03. The number of nitrogens with zero attached hydrogens (tertiary/aromatic N) is 1. The van der Waals surface area contributed by atoms with Crippen molar-refractivity contribution in [2.24, 2.45) is 0 Å². The number of carbonyl (C=O) groups is 1. The highest BCUT2D eigenvalue weighted by Gasteiger charge is 2.23. The van der Waals surface area contributed by atoms with Crippen LogP contribution in [0.5, 0.6) is 0 Å². The molecular formula is C17H19NO2. The van der Waals surface area contributed by atoms with Crippen LogP contribution in [0.1, 0.15) is 40.2 Å². The van der Waals surface area contributed by atoms with Gasteiger partial charge in [0.1, 0.15) is 0 Å². The van der Waals surface area contributed by atoms with Crippen LogP contribution < -0.4 is 0 Å². The van der Waals surface area contributed by atoms with E-state index in [2.05, 4.69) is 29.7 Å². The van der Waals surface area contributed by atoms with Crippen LogP contribution in [-0.4, -0.2) is 17.5 Å². The molecule has 0 bridgehead atoms. The molecule has 20 heavy (non-hydrogen) atoms. The molecule has 1 aromatic heterocycles. The molecule has 1 aliphatic rings. The molecule has 0 fully saturated rings. The Kier molecular flexibility index (Phi) is 3.45. The standard InChI is InChI=1S/C17H19NO2/c1-12-9-15-16(7-4-8-17(15)19)18(12)14-6-3-5-13(10-14)11-20-2/h3,5-6,9-10H,4,7-8,11H2,1-2H3. The maximum absolute atomic E-state index is 12.0. The first-order chi connectivity index (χ1) is 9.70. The number of ketones is 1. The van der Waals surface area contributed by atoms with Gasteiger partial charge in [-0.3, -0.25) is 4.79 Å². The Hall–Kier alpha value is -1.87. The fraction of sp³-hybridized carbons (Fsp3) is 0.353. The highest BCUT2D eigenvalue weighted by Crippen LogP contribution is 2.28. The molecule has 1 aromatic carbocycles. The summed E-state index contributed by atoms with van der Waals surface area (Å²) in [5.74, 6) is 0.279. The van der Waals surface area contributed by atoms with Gasteiger partial charge in [0.25, 0.3) is 0 Å². The molecule has 3 heteroatoms. The lowest BCUT2D eigenvalue weighted by Crippen LogP contribution is -2.12. The topological polar surface area (TPSA) is 31.2 Å². The molecule has 0 saturated heterocycles. The first-order valence-corrected chi connectivity index (χ1v) is 7.03. The molecule has 0 radical (unpaired) electrons. The van der Waals surface area contributed by atoms with E-state index in [0.717, 1.165) is 41.0 Å². The Labute approximate surface area is 119 Å². The lowest BCUT2D eigenvalue weighted by Gasteiger charge is -2.16. The van der Waals surface area contributed by atoms with Gasteiger partial charge < -0.3 is 9.30 Å². The second-order valence-electron chi connectivity index (χ2n) is 5.36. The van der Waals surface area contributed by atoms with Crippen molar-refractivity contribution >= 4 is 5.78 Å². The van der Waals surface area contributed by atoms with E-state index in [1.165, 1.54) is 0 Å². The van der Waals surface area contributed by atoms with Crippen LogP contribution in [-0.2, 0) is 17.8 Å². The van der Waals surface area contributed by atoms with E-state index in [-0.39, 0.29) is 5.78 Å². The second kappa shape index (κ2) is 5.25. The van der Waals surface area contributed by atoms with Crippen molar-refractivity contribution in [3.63, 3.8) is 0 Å². The lowest BCUT2D eigenvalue weighted by atomic mass is 9.96. The maximum Gasteiger partial charge on any atom is 0.164 e. The molecule has 0 amide bonds. The van der Waals surface area contributed by atoms with Crippen LogP contribution in [0.15, 0.2) is 30.3 Å². The summed E-state index contributed by atoms with van der Waals surface area (Å²) >= 11 is 0. The van der Waals surface area contributed by atoms with Crippen LogP contribution >= 0.6 is 0 Å². The molecule has 1 heterocycles. The number of rotatable bonds is 3. The summed E-state index contributed by atoms with van der Waals surface area (Å²) in [6, 6.07) is 10.4. The average molecular weight is 269 g/mol. The third-order valence-electron chi connectivity index (χ3n) is 3.88. The summed E-state index contributed by atoms with van der Waals surface area (Å²) in [6.07, 6.45) is 2.61. The molecule has 0 spiro atoms. The van der Waals surface area contributed by atoms with E-state index in [9.17, 15) is 4.79 Å². The number of ether oxygens (including phenoxy) is 1. The quantitative estimate of drug-likeness (QED) is 0.854. The molecular weight excluding hydrogens is 250 g/mol. The van der Waals surface area contributed by atoms with E-state index < -0.39 is 0 Å². The Morgan fingerprint density at radius 2 is 2.10 bits per heavy atom. The Morgan fingerprint density at radius 1 is 1.25 bits per heavy atom. The van der Waals surface area contributed by atoms with Crippen molar-refractivity contribution in [3.05, 3.63) is 52.8 Å². The van der Waals surface area contributed by atoms with Crippen LogP contribution in [0.3, 0.4) is 0 Å². The number of fused-ring (bicyclic) bond motifs is 1. The minimum absolute atomic E-state index is 0.279. The predicted octanol–water partition coefficient (Wildman–Crippen LogP) is 3.45. The zero-order valence-corrected chi connectivity index (χ0v) is 12.0. The summed E-state index contributed by atoms with van der Waals surface area (Å²) in [5, 5.41) is 0. The molecule has 0 saturated carbocycles. The molecule has 0 N–H and O–H groups in total. The van der Waals surface area contributed by atoms with Gasteiger partial charge in [0, 0.05) is 36.2 Å². The Bertz CT molecular complexity index is 655. The number of hydrogen-bond acceptors (Lipinski definition) is 2. The van der Waals surface area contributed by atoms with Gasteiger partial charge in [0.05, 0.1) is 6.61 Å². The van der Waals surface area contributed by atoms with Crippen LogP contribution in [0.4, 0.5) is 0 Å². The summed E-state index contributed by atoms with van der Waals surface area (Å²) in [6.45, 7) is 2.67. The molecule has 1 aliphatic carbocycles. The third kappa shape index (κ3) is 2.18. The number of methoxy groups -OCH3 is 1. The largest absolute Gasteiger partial charge is 0.380 e. The summed E-state index contributed by atoms with van der Waals surface area (Å²) in [4.78, 5) is 12.0. The Morgan fingerprint density at radius 3 is 2.90 bits per heavy atom. The van der Waals surface area contributed by atoms with Crippen molar-refractivity contribution in [3.8, 4) is 5.69 Å².